The molecule has 0 unspecified atom stereocenters. The number of aromatic hydroxyl groups is 1. The first-order valence-corrected chi connectivity index (χ1v) is 4.47. The Balaban J connectivity index is 3.32. The molecule has 0 atom stereocenters. The Kier molecular flexibility index (Phi) is 2.50. The zero-order chi connectivity index (χ0) is 10.1. The van der Waals surface area contributed by atoms with Gasteiger partial charge in [0.15, 0.2) is 0 Å². The van der Waals surface area contributed by atoms with Crippen molar-refractivity contribution < 1.29 is 5.11 Å². The van der Waals surface area contributed by atoms with Crippen LogP contribution >= 0.6 is 0 Å². The first-order chi connectivity index (χ1) is 5.96. The van der Waals surface area contributed by atoms with Crippen molar-refractivity contribution in [1.29, 1.82) is 0 Å². The standard InChI is InChI=1S/C11H17NO/c1-11(2,3)10-8(12-4)6-5-7-9(10)13/h5-7,12-13H,1-4H3. The Bertz CT molecular complexity index is 299. The number of hydrogen-bond acceptors (Lipinski definition) is 2. The molecule has 2 N–H and O–H groups in total. The summed E-state index contributed by atoms with van der Waals surface area (Å²) in [6.07, 6.45) is 0. The fourth-order valence-corrected chi connectivity index (χ4v) is 1.54. The van der Waals surface area contributed by atoms with Gasteiger partial charge in [0.05, 0.1) is 0 Å². The van der Waals surface area contributed by atoms with Crippen molar-refractivity contribution in [2.24, 2.45) is 0 Å². The molecule has 0 amide bonds. The van der Waals surface area contributed by atoms with Gasteiger partial charge in [0.25, 0.3) is 0 Å². The summed E-state index contributed by atoms with van der Waals surface area (Å²) in [7, 11) is 1.87. The quantitative estimate of drug-likeness (QED) is 0.694. The second-order valence-corrected chi connectivity index (χ2v) is 4.20. The maximum atomic E-state index is 9.72. The lowest BCUT2D eigenvalue weighted by Gasteiger charge is -2.23. The van der Waals surface area contributed by atoms with Gasteiger partial charge in [-0.25, -0.2) is 0 Å². The Morgan fingerprint density at radius 1 is 1.23 bits per heavy atom. The predicted molar refractivity (Wildman–Crippen MR) is 56.4 cm³/mol. The van der Waals surface area contributed by atoms with Crippen molar-refractivity contribution in [2.45, 2.75) is 26.2 Å². The van der Waals surface area contributed by atoms with Gasteiger partial charge in [0, 0.05) is 18.3 Å². The fourth-order valence-electron chi connectivity index (χ4n) is 1.54. The molecule has 1 rings (SSSR count). The molecular formula is C11H17NO. The largest absolute Gasteiger partial charge is 0.508 e. The zero-order valence-corrected chi connectivity index (χ0v) is 8.68. The summed E-state index contributed by atoms with van der Waals surface area (Å²) in [6.45, 7) is 6.26. The van der Waals surface area contributed by atoms with Gasteiger partial charge in [-0.15, -0.1) is 0 Å². The van der Waals surface area contributed by atoms with E-state index in [4.69, 9.17) is 0 Å². The molecule has 0 spiro atoms. The van der Waals surface area contributed by atoms with E-state index in [9.17, 15) is 5.11 Å². The van der Waals surface area contributed by atoms with Gasteiger partial charge >= 0.3 is 0 Å². The molecule has 0 saturated heterocycles. The molecule has 72 valence electrons. The molecule has 0 fully saturated rings. The molecule has 13 heavy (non-hydrogen) atoms. The van der Waals surface area contributed by atoms with E-state index in [1.165, 1.54) is 0 Å². The summed E-state index contributed by atoms with van der Waals surface area (Å²) in [6, 6.07) is 5.54. The van der Waals surface area contributed by atoms with Crippen LogP contribution in [0.25, 0.3) is 0 Å². The third kappa shape index (κ3) is 1.94. The molecule has 1 aromatic carbocycles. The van der Waals surface area contributed by atoms with E-state index in [2.05, 4.69) is 26.1 Å². The number of phenolic OH excluding ortho intramolecular Hbond substituents is 1. The van der Waals surface area contributed by atoms with Crippen molar-refractivity contribution in [3.8, 4) is 5.75 Å². The third-order valence-electron chi connectivity index (χ3n) is 2.06. The van der Waals surface area contributed by atoms with Crippen molar-refractivity contribution in [3.05, 3.63) is 23.8 Å². The van der Waals surface area contributed by atoms with E-state index in [1.807, 2.05) is 19.2 Å². The molecule has 0 aliphatic rings. The average Bonchev–Trinajstić information content (AvgIpc) is 2.01. The van der Waals surface area contributed by atoms with E-state index in [1.54, 1.807) is 6.07 Å². The molecule has 1 aromatic rings. The van der Waals surface area contributed by atoms with Crippen LogP contribution in [0.2, 0.25) is 0 Å². The smallest absolute Gasteiger partial charge is 0.121 e. The number of phenols is 1. The van der Waals surface area contributed by atoms with E-state index < -0.39 is 0 Å². The molecule has 0 heterocycles. The van der Waals surface area contributed by atoms with Crippen LogP contribution in [0.5, 0.6) is 5.75 Å². The third-order valence-corrected chi connectivity index (χ3v) is 2.06. The van der Waals surface area contributed by atoms with Crippen LogP contribution in [0.4, 0.5) is 5.69 Å². The second-order valence-electron chi connectivity index (χ2n) is 4.20. The number of nitrogens with one attached hydrogen (secondary N) is 1. The Hall–Kier alpha value is -1.18. The van der Waals surface area contributed by atoms with Crippen LogP contribution in [-0.2, 0) is 5.41 Å². The van der Waals surface area contributed by atoms with Crippen molar-refractivity contribution >= 4 is 5.69 Å². The summed E-state index contributed by atoms with van der Waals surface area (Å²) in [4.78, 5) is 0. The molecule has 0 aliphatic carbocycles. The lowest BCUT2D eigenvalue weighted by atomic mass is 9.85. The molecule has 0 radical (unpaired) electrons. The van der Waals surface area contributed by atoms with E-state index >= 15 is 0 Å². The molecule has 2 nitrogen and oxygen atoms in total. The topological polar surface area (TPSA) is 32.3 Å². The summed E-state index contributed by atoms with van der Waals surface area (Å²) >= 11 is 0. The van der Waals surface area contributed by atoms with Crippen LogP contribution in [0.1, 0.15) is 26.3 Å². The molecular weight excluding hydrogens is 162 g/mol. The first kappa shape index (κ1) is 9.90. The van der Waals surface area contributed by atoms with E-state index in [-0.39, 0.29) is 5.41 Å². The number of rotatable bonds is 1. The Morgan fingerprint density at radius 3 is 2.23 bits per heavy atom. The van der Waals surface area contributed by atoms with Gasteiger partial charge in [-0.05, 0) is 17.5 Å². The highest BCUT2D eigenvalue weighted by Gasteiger charge is 2.20. The van der Waals surface area contributed by atoms with Crippen LogP contribution in [0, 0.1) is 0 Å². The SMILES string of the molecule is CNc1cccc(O)c1C(C)(C)C. The Labute approximate surface area is 79.6 Å². The molecule has 0 aliphatic heterocycles. The lowest BCUT2D eigenvalue weighted by Crippen LogP contribution is -2.14. The van der Waals surface area contributed by atoms with Crippen molar-refractivity contribution in [3.63, 3.8) is 0 Å². The van der Waals surface area contributed by atoms with E-state index in [0.29, 0.717) is 5.75 Å². The van der Waals surface area contributed by atoms with Crippen LogP contribution < -0.4 is 5.32 Å². The maximum Gasteiger partial charge on any atom is 0.121 e. The monoisotopic (exact) mass is 179 g/mol. The highest BCUT2D eigenvalue weighted by atomic mass is 16.3. The number of hydrogen-bond donors (Lipinski definition) is 2. The summed E-state index contributed by atoms with van der Waals surface area (Å²) in [5.74, 6) is 0.361. The minimum Gasteiger partial charge on any atom is -0.508 e. The first-order valence-electron chi connectivity index (χ1n) is 4.47. The van der Waals surface area contributed by atoms with Crippen LogP contribution in [-0.4, -0.2) is 12.2 Å². The predicted octanol–water partition coefficient (Wildman–Crippen LogP) is 2.73. The highest BCUT2D eigenvalue weighted by Crippen LogP contribution is 2.36. The Morgan fingerprint density at radius 2 is 1.85 bits per heavy atom. The van der Waals surface area contributed by atoms with Gasteiger partial charge < -0.3 is 10.4 Å². The minimum absolute atomic E-state index is 0.0380. The van der Waals surface area contributed by atoms with Gasteiger partial charge in [-0.2, -0.15) is 0 Å². The highest BCUT2D eigenvalue weighted by molar-refractivity contribution is 5.59. The minimum atomic E-state index is -0.0380. The summed E-state index contributed by atoms with van der Waals surface area (Å²) < 4.78 is 0. The normalized spacial score (nSPS) is 11.4. The second kappa shape index (κ2) is 3.29. The lowest BCUT2D eigenvalue weighted by molar-refractivity contribution is 0.447. The number of anilines is 1. The van der Waals surface area contributed by atoms with Gasteiger partial charge in [-0.1, -0.05) is 26.8 Å². The van der Waals surface area contributed by atoms with Crippen LogP contribution in [0.15, 0.2) is 18.2 Å². The fraction of sp³-hybridized carbons (Fsp3) is 0.455. The molecule has 0 saturated carbocycles. The van der Waals surface area contributed by atoms with Crippen molar-refractivity contribution in [1.82, 2.24) is 0 Å². The molecule has 2 heteroatoms. The molecule has 0 aromatic heterocycles. The number of benzene rings is 1. The molecule has 0 bridgehead atoms. The van der Waals surface area contributed by atoms with Gasteiger partial charge in [0.1, 0.15) is 5.75 Å². The van der Waals surface area contributed by atoms with Gasteiger partial charge in [0.2, 0.25) is 0 Å². The average molecular weight is 179 g/mol. The van der Waals surface area contributed by atoms with Gasteiger partial charge in [-0.3, -0.25) is 0 Å². The zero-order valence-electron chi connectivity index (χ0n) is 8.68. The maximum absolute atomic E-state index is 9.72. The van der Waals surface area contributed by atoms with Crippen molar-refractivity contribution in [2.75, 3.05) is 12.4 Å². The van der Waals surface area contributed by atoms with Crippen LogP contribution in [0.3, 0.4) is 0 Å². The van der Waals surface area contributed by atoms with E-state index in [0.717, 1.165) is 11.3 Å². The summed E-state index contributed by atoms with van der Waals surface area (Å²) in [5, 5.41) is 12.8. The summed E-state index contributed by atoms with van der Waals surface area (Å²) in [5.41, 5.74) is 1.92.